The predicted molar refractivity (Wildman–Crippen MR) is 71.3 cm³/mol. The highest BCUT2D eigenvalue weighted by Gasteiger charge is 2.26. The van der Waals surface area contributed by atoms with E-state index in [1.807, 2.05) is 0 Å². The standard InChI is InChI=1S/C10H16N2O6S2/c1-16-5-6-18-4-3-12-20(14,15)10-8(9(13)17-2)11-7-19-10/h7,12H,3-6H2,1-2H3. The molecule has 0 aromatic carbocycles. The average molecular weight is 324 g/mol. The van der Waals surface area contributed by atoms with Crippen molar-refractivity contribution in [2.45, 2.75) is 4.21 Å². The Labute approximate surface area is 121 Å². The molecule has 0 aliphatic heterocycles. The maximum absolute atomic E-state index is 12.0. The number of methoxy groups -OCH3 is 2. The molecule has 0 aliphatic rings. The van der Waals surface area contributed by atoms with Crippen LogP contribution in [-0.4, -0.2) is 60.0 Å². The van der Waals surface area contributed by atoms with Gasteiger partial charge >= 0.3 is 5.97 Å². The number of carbonyl (C=O) groups excluding carboxylic acids is 1. The third kappa shape index (κ3) is 4.80. The number of carbonyl (C=O) groups is 1. The fourth-order valence-electron chi connectivity index (χ4n) is 1.22. The molecule has 0 saturated carbocycles. The molecule has 0 amide bonds. The molecule has 0 radical (unpaired) electrons. The van der Waals surface area contributed by atoms with Crippen LogP contribution in [0.15, 0.2) is 9.72 Å². The number of esters is 1. The fourth-order valence-corrected chi connectivity index (χ4v) is 3.40. The minimum atomic E-state index is -3.80. The van der Waals surface area contributed by atoms with Crippen molar-refractivity contribution >= 4 is 27.3 Å². The first-order valence-electron chi connectivity index (χ1n) is 5.61. The van der Waals surface area contributed by atoms with Gasteiger partial charge in [0.2, 0.25) is 0 Å². The molecule has 0 fully saturated rings. The smallest absolute Gasteiger partial charge is 0.358 e. The second-order valence-corrected chi connectivity index (χ2v) is 6.30. The molecule has 1 aromatic heterocycles. The van der Waals surface area contributed by atoms with E-state index < -0.39 is 16.0 Å². The SMILES string of the molecule is COCCOCCNS(=O)(=O)c1scnc1C(=O)OC. The van der Waals surface area contributed by atoms with Crippen molar-refractivity contribution in [3.8, 4) is 0 Å². The van der Waals surface area contributed by atoms with Crippen LogP contribution in [-0.2, 0) is 24.2 Å². The molecule has 20 heavy (non-hydrogen) atoms. The number of nitrogens with one attached hydrogen (secondary N) is 1. The van der Waals surface area contributed by atoms with E-state index in [1.165, 1.54) is 5.51 Å². The molecule has 0 aliphatic carbocycles. The molecule has 8 nitrogen and oxygen atoms in total. The molecule has 1 N–H and O–H groups in total. The summed E-state index contributed by atoms with van der Waals surface area (Å²) in [6.07, 6.45) is 0. The summed E-state index contributed by atoms with van der Waals surface area (Å²) in [6, 6.07) is 0. The van der Waals surface area contributed by atoms with E-state index in [1.54, 1.807) is 7.11 Å². The molecule has 1 rings (SSSR count). The Morgan fingerprint density at radius 3 is 2.75 bits per heavy atom. The van der Waals surface area contributed by atoms with Crippen molar-refractivity contribution in [3.63, 3.8) is 0 Å². The summed E-state index contributed by atoms with van der Waals surface area (Å²) in [4.78, 5) is 15.1. The summed E-state index contributed by atoms with van der Waals surface area (Å²) in [5, 5.41) is 0. The molecular formula is C10H16N2O6S2. The third-order valence-corrected chi connectivity index (χ3v) is 4.96. The van der Waals surface area contributed by atoms with E-state index >= 15 is 0 Å². The quantitative estimate of drug-likeness (QED) is 0.498. The first-order chi connectivity index (χ1) is 9.53. The summed E-state index contributed by atoms with van der Waals surface area (Å²) in [5.41, 5.74) is 1.06. The van der Waals surface area contributed by atoms with Gasteiger partial charge in [0.25, 0.3) is 10.0 Å². The van der Waals surface area contributed by atoms with Gasteiger partial charge in [0, 0.05) is 13.7 Å². The number of nitrogens with zero attached hydrogens (tertiary/aromatic N) is 1. The van der Waals surface area contributed by atoms with Crippen molar-refractivity contribution < 1.29 is 27.4 Å². The second-order valence-electron chi connectivity index (χ2n) is 3.48. The molecule has 0 saturated heterocycles. The Bertz CT molecular complexity index is 528. The van der Waals surface area contributed by atoms with E-state index in [0.29, 0.717) is 13.2 Å². The largest absolute Gasteiger partial charge is 0.464 e. The van der Waals surface area contributed by atoms with Crippen molar-refractivity contribution in [2.75, 3.05) is 40.6 Å². The lowest BCUT2D eigenvalue weighted by atomic mass is 10.5. The molecule has 10 heteroatoms. The molecule has 0 spiro atoms. The zero-order valence-electron chi connectivity index (χ0n) is 11.1. The molecule has 0 bridgehead atoms. The van der Waals surface area contributed by atoms with Crippen molar-refractivity contribution in [1.82, 2.24) is 9.71 Å². The van der Waals surface area contributed by atoms with Gasteiger partial charge in [-0.1, -0.05) is 0 Å². The van der Waals surface area contributed by atoms with Crippen LogP contribution >= 0.6 is 11.3 Å². The van der Waals surface area contributed by atoms with Gasteiger partial charge < -0.3 is 14.2 Å². The van der Waals surface area contributed by atoms with E-state index in [-0.39, 0.29) is 23.1 Å². The number of ether oxygens (including phenoxy) is 3. The highest BCUT2D eigenvalue weighted by Crippen LogP contribution is 2.20. The summed E-state index contributed by atoms with van der Waals surface area (Å²) in [7, 11) is -1.09. The number of sulfonamides is 1. The van der Waals surface area contributed by atoms with Crippen LogP contribution in [0.2, 0.25) is 0 Å². The van der Waals surface area contributed by atoms with Gasteiger partial charge in [0.1, 0.15) is 0 Å². The van der Waals surface area contributed by atoms with Gasteiger partial charge in [-0.25, -0.2) is 22.9 Å². The lowest BCUT2D eigenvalue weighted by Crippen LogP contribution is -2.28. The van der Waals surface area contributed by atoms with E-state index in [9.17, 15) is 13.2 Å². The van der Waals surface area contributed by atoms with Crippen molar-refractivity contribution in [1.29, 1.82) is 0 Å². The summed E-state index contributed by atoms with van der Waals surface area (Å²) in [5.74, 6) is -0.789. The lowest BCUT2D eigenvalue weighted by Gasteiger charge is -2.06. The third-order valence-electron chi connectivity index (χ3n) is 2.13. The average Bonchev–Trinajstić information content (AvgIpc) is 2.92. The Balaban J connectivity index is 2.57. The maximum atomic E-state index is 12.0. The van der Waals surface area contributed by atoms with Crippen molar-refractivity contribution in [3.05, 3.63) is 11.2 Å². The van der Waals surface area contributed by atoms with Gasteiger partial charge in [0.15, 0.2) is 9.90 Å². The van der Waals surface area contributed by atoms with Crippen LogP contribution in [0.3, 0.4) is 0 Å². The van der Waals surface area contributed by atoms with Crippen LogP contribution in [0.25, 0.3) is 0 Å². The summed E-state index contributed by atoms with van der Waals surface area (Å²) < 4.78 is 40.5. The minimum Gasteiger partial charge on any atom is -0.464 e. The number of hydrogen-bond acceptors (Lipinski definition) is 8. The predicted octanol–water partition coefficient (Wildman–Crippen LogP) is -0.129. The molecule has 1 heterocycles. The topological polar surface area (TPSA) is 104 Å². The number of aromatic nitrogens is 1. The second kappa shape index (κ2) is 8.27. The number of rotatable bonds is 9. The normalized spacial score (nSPS) is 11.5. The van der Waals surface area contributed by atoms with E-state index in [0.717, 1.165) is 18.4 Å². The van der Waals surface area contributed by atoms with E-state index in [4.69, 9.17) is 9.47 Å². The lowest BCUT2D eigenvalue weighted by molar-refractivity contribution is 0.0590. The van der Waals surface area contributed by atoms with Crippen LogP contribution < -0.4 is 4.72 Å². The summed E-state index contributed by atoms with van der Waals surface area (Å²) >= 11 is 0.849. The van der Waals surface area contributed by atoms with E-state index in [2.05, 4.69) is 14.4 Å². The van der Waals surface area contributed by atoms with Crippen LogP contribution in [0.5, 0.6) is 0 Å². The monoisotopic (exact) mass is 324 g/mol. The Hall–Kier alpha value is -1.07. The molecule has 114 valence electrons. The van der Waals surface area contributed by atoms with Gasteiger partial charge in [-0.2, -0.15) is 0 Å². The first kappa shape index (κ1) is 17.0. The van der Waals surface area contributed by atoms with Gasteiger partial charge in [-0.05, 0) is 0 Å². The molecule has 1 aromatic rings. The molecule has 0 atom stereocenters. The Kier molecular flexibility index (Phi) is 7.02. The van der Waals surface area contributed by atoms with Crippen LogP contribution in [0.1, 0.15) is 10.5 Å². The Morgan fingerprint density at radius 2 is 2.10 bits per heavy atom. The molecular weight excluding hydrogens is 308 g/mol. The van der Waals surface area contributed by atoms with Crippen LogP contribution in [0, 0.1) is 0 Å². The van der Waals surface area contributed by atoms with Gasteiger partial charge in [0.05, 0.1) is 32.4 Å². The van der Waals surface area contributed by atoms with Gasteiger partial charge in [-0.3, -0.25) is 0 Å². The highest BCUT2D eigenvalue weighted by molar-refractivity contribution is 7.91. The number of hydrogen-bond donors (Lipinski definition) is 1. The minimum absolute atomic E-state index is 0.0879. The fraction of sp³-hybridized carbons (Fsp3) is 0.600. The maximum Gasteiger partial charge on any atom is 0.358 e. The number of thiazole rings is 1. The summed E-state index contributed by atoms with van der Waals surface area (Å²) in [6.45, 7) is 1.11. The first-order valence-corrected chi connectivity index (χ1v) is 7.97. The Morgan fingerprint density at radius 1 is 1.35 bits per heavy atom. The zero-order chi connectivity index (χ0) is 15.0. The highest BCUT2D eigenvalue weighted by atomic mass is 32.2. The molecule has 0 unspecified atom stereocenters. The van der Waals surface area contributed by atoms with Crippen molar-refractivity contribution in [2.24, 2.45) is 0 Å². The van der Waals surface area contributed by atoms with Gasteiger partial charge in [-0.15, -0.1) is 11.3 Å². The zero-order valence-corrected chi connectivity index (χ0v) is 12.8. The van der Waals surface area contributed by atoms with Crippen LogP contribution in [0.4, 0.5) is 0 Å².